The van der Waals surface area contributed by atoms with Gasteiger partial charge in [-0.3, -0.25) is 19.3 Å². The predicted molar refractivity (Wildman–Crippen MR) is 143 cm³/mol. The first-order valence-electron chi connectivity index (χ1n) is 11.7. The summed E-state index contributed by atoms with van der Waals surface area (Å²) in [6.07, 6.45) is 2.33. The Morgan fingerprint density at radius 3 is 2.60 bits per heavy atom. The molecule has 0 radical (unpaired) electrons. The highest BCUT2D eigenvalue weighted by molar-refractivity contribution is 8.00. The summed E-state index contributed by atoms with van der Waals surface area (Å²) in [5.41, 5.74) is 4.61. The van der Waals surface area contributed by atoms with Crippen molar-refractivity contribution in [3.63, 3.8) is 0 Å². The number of hydrogen-bond donors (Lipinski definition) is 4. The topological polar surface area (TPSA) is 212 Å². The first kappa shape index (κ1) is 30.4. The Hall–Kier alpha value is -4.12. The lowest BCUT2D eigenvalue weighted by Crippen LogP contribution is -2.71. The molecule has 0 aliphatic carbocycles. The van der Waals surface area contributed by atoms with E-state index >= 15 is 0 Å². The van der Waals surface area contributed by atoms with Crippen LogP contribution in [0.15, 0.2) is 34.0 Å². The number of ether oxygens (including phenoxy) is 3. The number of amides is 3. The second kappa shape index (κ2) is 12.8. The SMILES string of the molecule is CNC(=O)OC/C=C\C1=C(C(=O)OCOC(=O)C(C)(C)C)N2C(=O)[C@@H](NC(=O)/C(=N\O)c3csc(N)n3)[C@H]2SC1. The van der Waals surface area contributed by atoms with Crippen LogP contribution in [0.1, 0.15) is 26.5 Å². The van der Waals surface area contributed by atoms with Gasteiger partial charge in [-0.05, 0) is 32.4 Å². The van der Waals surface area contributed by atoms with Crippen LogP contribution in [0.25, 0.3) is 0 Å². The van der Waals surface area contributed by atoms with Gasteiger partial charge < -0.3 is 35.8 Å². The van der Waals surface area contributed by atoms with Crippen LogP contribution >= 0.6 is 23.1 Å². The van der Waals surface area contributed by atoms with Crippen molar-refractivity contribution in [3.8, 4) is 0 Å². The molecule has 0 aromatic carbocycles. The molecule has 3 rings (SSSR count). The highest BCUT2D eigenvalue weighted by Gasteiger charge is 2.54. The van der Waals surface area contributed by atoms with Gasteiger partial charge in [0.1, 0.15) is 29.4 Å². The van der Waals surface area contributed by atoms with E-state index in [0.717, 1.165) is 16.2 Å². The minimum Gasteiger partial charge on any atom is -0.445 e. The van der Waals surface area contributed by atoms with Crippen LogP contribution < -0.4 is 16.4 Å². The van der Waals surface area contributed by atoms with Gasteiger partial charge in [0.25, 0.3) is 11.8 Å². The number of esters is 2. The minimum atomic E-state index is -1.06. The van der Waals surface area contributed by atoms with Gasteiger partial charge in [0.15, 0.2) is 10.8 Å². The van der Waals surface area contributed by atoms with Crippen LogP contribution in [-0.4, -0.2) is 88.3 Å². The number of rotatable bonds is 9. The van der Waals surface area contributed by atoms with E-state index in [1.807, 2.05) is 0 Å². The molecule has 3 amide bonds. The fourth-order valence-electron chi connectivity index (χ4n) is 3.39. The third-order valence-electron chi connectivity index (χ3n) is 5.38. The smallest absolute Gasteiger partial charge is 0.407 e. The summed E-state index contributed by atoms with van der Waals surface area (Å²) in [5.74, 6) is -2.82. The molecule has 0 bridgehead atoms. The fraction of sp³-hybridized carbons (Fsp3) is 0.435. The van der Waals surface area contributed by atoms with Crippen molar-refractivity contribution >= 4 is 63.8 Å². The molecule has 1 aromatic heterocycles. The zero-order valence-electron chi connectivity index (χ0n) is 22.0. The lowest BCUT2D eigenvalue weighted by molar-refractivity contribution is -0.173. The maximum Gasteiger partial charge on any atom is 0.407 e. The summed E-state index contributed by atoms with van der Waals surface area (Å²) in [6, 6.07) is -1.06. The average Bonchev–Trinajstić information content (AvgIpc) is 3.34. The van der Waals surface area contributed by atoms with Crippen molar-refractivity contribution in [2.75, 3.05) is 31.9 Å². The molecule has 1 fully saturated rings. The van der Waals surface area contributed by atoms with Crippen molar-refractivity contribution in [3.05, 3.63) is 34.5 Å². The largest absolute Gasteiger partial charge is 0.445 e. The van der Waals surface area contributed by atoms with Gasteiger partial charge in [-0.2, -0.15) is 0 Å². The van der Waals surface area contributed by atoms with Crippen molar-refractivity contribution in [1.82, 2.24) is 20.5 Å². The summed E-state index contributed by atoms with van der Waals surface area (Å²) in [7, 11) is 1.40. The third-order valence-corrected chi connectivity index (χ3v) is 7.36. The lowest BCUT2D eigenvalue weighted by atomic mass is 9.98. The Bertz CT molecular complexity index is 1280. The van der Waals surface area contributed by atoms with Gasteiger partial charge in [-0.25, -0.2) is 14.6 Å². The van der Waals surface area contributed by atoms with E-state index in [-0.39, 0.29) is 28.9 Å². The Morgan fingerprint density at radius 1 is 1.27 bits per heavy atom. The van der Waals surface area contributed by atoms with E-state index in [2.05, 4.69) is 20.8 Å². The molecule has 1 aromatic rings. The van der Waals surface area contributed by atoms with Gasteiger partial charge in [-0.1, -0.05) is 11.2 Å². The third kappa shape index (κ3) is 6.90. The van der Waals surface area contributed by atoms with Crippen molar-refractivity contribution in [2.45, 2.75) is 32.2 Å². The van der Waals surface area contributed by atoms with Crippen LogP contribution in [0.2, 0.25) is 0 Å². The quantitative estimate of drug-likeness (QED) is 0.0769. The highest BCUT2D eigenvalue weighted by atomic mass is 32.2. The maximum atomic E-state index is 13.1. The number of aromatic nitrogens is 1. The van der Waals surface area contributed by atoms with Crippen molar-refractivity contribution in [2.24, 2.45) is 10.6 Å². The second-order valence-corrected chi connectivity index (χ2v) is 11.2. The number of hydrogen-bond acceptors (Lipinski definition) is 14. The summed E-state index contributed by atoms with van der Waals surface area (Å²) < 4.78 is 15.0. The summed E-state index contributed by atoms with van der Waals surface area (Å²) in [6.45, 7) is 4.11. The summed E-state index contributed by atoms with van der Waals surface area (Å²) in [4.78, 5) is 67.4. The Balaban J connectivity index is 1.77. The van der Waals surface area contributed by atoms with E-state index in [0.29, 0.717) is 5.57 Å². The predicted octanol–water partition coefficient (Wildman–Crippen LogP) is 0.560. The zero-order chi connectivity index (χ0) is 29.6. The summed E-state index contributed by atoms with van der Waals surface area (Å²) >= 11 is 2.28. The number of oxime groups is 1. The number of anilines is 1. The molecule has 3 heterocycles. The van der Waals surface area contributed by atoms with Gasteiger partial charge in [0.2, 0.25) is 6.79 Å². The normalized spacial score (nSPS) is 19.1. The van der Waals surface area contributed by atoms with Gasteiger partial charge in [0, 0.05) is 18.2 Å². The van der Waals surface area contributed by atoms with Crippen LogP contribution in [0.3, 0.4) is 0 Å². The van der Waals surface area contributed by atoms with E-state index in [4.69, 9.17) is 19.9 Å². The lowest BCUT2D eigenvalue weighted by Gasteiger charge is -2.49. The number of nitrogens with one attached hydrogen (secondary N) is 2. The van der Waals surface area contributed by atoms with E-state index in [1.54, 1.807) is 20.8 Å². The number of thiazole rings is 1. The first-order valence-corrected chi connectivity index (χ1v) is 13.6. The van der Waals surface area contributed by atoms with Gasteiger partial charge in [-0.15, -0.1) is 23.1 Å². The molecular formula is C23H28N6O9S2. The number of nitrogen functional groups attached to an aromatic ring is 1. The number of allylic oxidation sites excluding steroid dienone is 1. The maximum absolute atomic E-state index is 13.1. The molecule has 2 atom stereocenters. The Kier molecular flexibility index (Phi) is 9.75. The molecule has 40 heavy (non-hydrogen) atoms. The first-order chi connectivity index (χ1) is 18.9. The molecule has 15 nitrogen and oxygen atoms in total. The number of fused-ring (bicyclic) bond motifs is 1. The monoisotopic (exact) mass is 596 g/mol. The molecule has 5 N–H and O–H groups in total. The fourth-order valence-corrected chi connectivity index (χ4v) is 5.25. The zero-order valence-corrected chi connectivity index (χ0v) is 23.6. The van der Waals surface area contributed by atoms with Crippen LogP contribution in [-0.2, 0) is 33.4 Å². The molecule has 0 saturated carbocycles. The number of thioether (sulfide) groups is 1. The molecule has 2 aliphatic rings. The Morgan fingerprint density at radius 2 is 2.00 bits per heavy atom. The highest BCUT2D eigenvalue weighted by Crippen LogP contribution is 2.41. The number of carbonyl (C=O) groups excluding carboxylic acids is 5. The number of carbonyl (C=O) groups is 5. The molecule has 0 spiro atoms. The standard InChI is InChI=1S/C23H28N6O9S2/c1-23(2,3)20(33)38-10-37-19(32)15-11(6-5-7-36-22(34)25-4)8-39-18-14(17(31)29(15)18)27-16(30)13(28-35)12-9-40-21(24)26-12/h5-6,9,14,18,35H,7-8,10H2,1-4H3,(H2,24,26)(H,25,34)(H,27,30)/b6-5-,28-13-/t14-,18-/m1/s1. The molecule has 1 saturated heterocycles. The van der Waals surface area contributed by atoms with Crippen LogP contribution in [0.5, 0.6) is 0 Å². The summed E-state index contributed by atoms with van der Waals surface area (Å²) in [5, 5.41) is 18.0. The number of β-lactam (4-membered cyclic amide) rings is 1. The van der Waals surface area contributed by atoms with Crippen molar-refractivity contribution < 1.29 is 43.4 Å². The minimum absolute atomic E-state index is 0.0304. The van der Waals surface area contributed by atoms with E-state index < -0.39 is 59.2 Å². The Labute approximate surface area is 236 Å². The number of alkyl carbamates (subject to hydrolysis) is 1. The number of nitrogens with zero attached hydrogens (tertiary/aromatic N) is 3. The van der Waals surface area contributed by atoms with Gasteiger partial charge in [0.05, 0.1) is 5.41 Å². The van der Waals surface area contributed by atoms with Crippen molar-refractivity contribution in [1.29, 1.82) is 0 Å². The molecule has 216 valence electrons. The van der Waals surface area contributed by atoms with Gasteiger partial charge >= 0.3 is 18.0 Å². The molecule has 17 heteroatoms. The number of nitrogens with two attached hydrogens (primary N) is 1. The van der Waals surface area contributed by atoms with Crippen LogP contribution in [0, 0.1) is 5.41 Å². The van der Waals surface area contributed by atoms with Crippen LogP contribution in [0.4, 0.5) is 9.93 Å². The second-order valence-electron chi connectivity index (χ2n) is 9.24. The van der Waals surface area contributed by atoms with E-state index in [9.17, 15) is 29.2 Å². The average molecular weight is 597 g/mol. The molecule has 0 unspecified atom stereocenters. The van der Waals surface area contributed by atoms with E-state index in [1.165, 1.54) is 36.3 Å². The molecule has 2 aliphatic heterocycles. The molecular weight excluding hydrogens is 568 g/mol.